The second-order valence-electron chi connectivity index (χ2n) is 5.55. The van der Waals surface area contributed by atoms with Crippen LogP contribution in [0.15, 0.2) is 12.1 Å². The molecular weight excluding hydrogens is 259 g/mol. The van der Waals surface area contributed by atoms with Crippen molar-refractivity contribution >= 4 is 17.0 Å². The lowest BCUT2D eigenvalue weighted by molar-refractivity contribution is 0.0692. The molecular formula is C15H17FN2O2. The topological polar surface area (TPSA) is 66.0 Å². The Labute approximate surface area is 116 Å². The normalized spacial score (nSPS) is 16.6. The van der Waals surface area contributed by atoms with Gasteiger partial charge in [-0.25, -0.2) is 14.2 Å². The predicted octanol–water partition coefficient (Wildman–Crippen LogP) is 3.52. The molecule has 1 fully saturated rings. The number of rotatable bonds is 3. The largest absolute Gasteiger partial charge is 0.478 e. The minimum Gasteiger partial charge on any atom is -0.478 e. The first kappa shape index (κ1) is 13.1. The molecule has 20 heavy (non-hydrogen) atoms. The van der Waals surface area contributed by atoms with Gasteiger partial charge in [-0.1, -0.05) is 32.1 Å². The number of fused-ring (bicyclic) bond motifs is 1. The quantitative estimate of drug-likeness (QED) is 0.901. The molecule has 0 bridgehead atoms. The number of carboxylic acid groups (broad SMARTS) is 1. The summed E-state index contributed by atoms with van der Waals surface area (Å²) in [5.41, 5.74) is 0.765. The van der Waals surface area contributed by atoms with Crippen LogP contribution in [0.4, 0.5) is 4.39 Å². The molecule has 1 saturated carbocycles. The molecule has 2 aromatic rings. The lowest BCUT2D eigenvalue weighted by atomic mass is 9.87. The summed E-state index contributed by atoms with van der Waals surface area (Å²) < 4.78 is 13.6. The summed E-state index contributed by atoms with van der Waals surface area (Å²) in [6.07, 6.45) is 7.13. The number of nitrogens with zero attached hydrogens (tertiary/aromatic N) is 1. The molecule has 4 nitrogen and oxygen atoms in total. The number of hydrogen-bond acceptors (Lipinski definition) is 2. The first-order chi connectivity index (χ1) is 9.63. The Hall–Kier alpha value is -1.91. The number of benzene rings is 1. The molecule has 0 atom stereocenters. The summed E-state index contributed by atoms with van der Waals surface area (Å²) in [5.74, 6) is -0.527. The second-order valence-corrected chi connectivity index (χ2v) is 5.55. The van der Waals surface area contributed by atoms with Crippen LogP contribution in [0, 0.1) is 11.7 Å². The predicted molar refractivity (Wildman–Crippen MR) is 73.3 cm³/mol. The van der Waals surface area contributed by atoms with E-state index in [0.29, 0.717) is 17.0 Å². The Kier molecular flexibility index (Phi) is 3.42. The highest BCUT2D eigenvalue weighted by Crippen LogP contribution is 2.27. The van der Waals surface area contributed by atoms with Crippen LogP contribution < -0.4 is 0 Å². The van der Waals surface area contributed by atoms with Crippen molar-refractivity contribution in [2.45, 2.75) is 38.5 Å². The van der Waals surface area contributed by atoms with Gasteiger partial charge in [-0.2, -0.15) is 0 Å². The summed E-state index contributed by atoms with van der Waals surface area (Å²) in [4.78, 5) is 18.4. The zero-order valence-electron chi connectivity index (χ0n) is 11.2. The van der Waals surface area contributed by atoms with Crippen molar-refractivity contribution in [3.8, 4) is 0 Å². The van der Waals surface area contributed by atoms with Gasteiger partial charge in [0.1, 0.15) is 11.6 Å². The minimum atomic E-state index is -1.26. The molecule has 0 aliphatic heterocycles. The molecule has 5 heteroatoms. The van der Waals surface area contributed by atoms with E-state index in [1.54, 1.807) is 0 Å². The first-order valence-corrected chi connectivity index (χ1v) is 7.05. The lowest BCUT2D eigenvalue weighted by Crippen LogP contribution is -2.10. The second kappa shape index (κ2) is 5.23. The maximum Gasteiger partial charge on any atom is 0.338 e. The van der Waals surface area contributed by atoms with Gasteiger partial charge in [0.2, 0.25) is 0 Å². The lowest BCUT2D eigenvalue weighted by Gasteiger charge is -2.20. The van der Waals surface area contributed by atoms with Crippen molar-refractivity contribution in [3.05, 3.63) is 29.3 Å². The highest BCUT2D eigenvalue weighted by Gasteiger charge is 2.17. The van der Waals surface area contributed by atoms with Crippen molar-refractivity contribution in [1.29, 1.82) is 0 Å². The van der Waals surface area contributed by atoms with Gasteiger partial charge < -0.3 is 10.1 Å². The summed E-state index contributed by atoms with van der Waals surface area (Å²) >= 11 is 0. The van der Waals surface area contributed by atoms with Gasteiger partial charge in [-0.15, -0.1) is 0 Å². The average molecular weight is 276 g/mol. The fourth-order valence-electron chi connectivity index (χ4n) is 3.01. The van der Waals surface area contributed by atoms with E-state index in [1.807, 2.05) is 0 Å². The van der Waals surface area contributed by atoms with Gasteiger partial charge in [-0.05, 0) is 12.0 Å². The molecule has 1 aromatic heterocycles. The number of aromatic amines is 1. The Morgan fingerprint density at radius 3 is 2.80 bits per heavy atom. The Morgan fingerprint density at radius 2 is 2.10 bits per heavy atom. The molecule has 0 radical (unpaired) electrons. The number of H-pyrrole nitrogens is 1. The Morgan fingerprint density at radius 1 is 1.35 bits per heavy atom. The van der Waals surface area contributed by atoms with Gasteiger partial charge in [0.25, 0.3) is 0 Å². The fourth-order valence-corrected chi connectivity index (χ4v) is 3.01. The van der Waals surface area contributed by atoms with Crippen LogP contribution in [0.3, 0.4) is 0 Å². The molecule has 0 unspecified atom stereocenters. The monoisotopic (exact) mass is 276 g/mol. The maximum atomic E-state index is 13.6. The van der Waals surface area contributed by atoms with Crippen LogP contribution in [0.2, 0.25) is 0 Å². The zero-order valence-corrected chi connectivity index (χ0v) is 11.2. The molecule has 1 heterocycles. The molecule has 0 spiro atoms. The van der Waals surface area contributed by atoms with Crippen LogP contribution >= 0.6 is 0 Å². The van der Waals surface area contributed by atoms with Crippen LogP contribution in [0.25, 0.3) is 11.0 Å². The van der Waals surface area contributed by atoms with Gasteiger partial charge in [-0.3, -0.25) is 0 Å². The first-order valence-electron chi connectivity index (χ1n) is 7.05. The van der Waals surface area contributed by atoms with Gasteiger partial charge in [0.15, 0.2) is 0 Å². The number of carboxylic acids is 1. The van der Waals surface area contributed by atoms with E-state index in [-0.39, 0.29) is 5.56 Å². The van der Waals surface area contributed by atoms with E-state index in [9.17, 15) is 9.18 Å². The number of nitrogens with one attached hydrogen (secondary N) is 1. The third-order valence-corrected chi connectivity index (χ3v) is 4.06. The van der Waals surface area contributed by atoms with Crippen LogP contribution in [0.1, 0.15) is 48.3 Å². The highest BCUT2D eigenvalue weighted by molar-refractivity contribution is 5.92. The summed E-state index contributed by atoms with van der Waals surface area (Å²) in [6, 6.07) is 2.52. The van der Waals surface area contributed by atoms with E-state index in [2.05, 4.69) is 9.97 Å². The van der Waals surface area contributed by atoms with E-state index in [4.69, 9.17) is 5.11 Å². The van der Waals surface area contributed by atoms with Crippen molar-refractivity contribution in [1.82, 2.24) is 9.97 Å². The summed E-state index contributed by atoms with van der Waals surface area (Å²) in [6.45, 7) is 0. The Balaban J connectivity index is 1.88. The fraction of sp³-hybridized carbons (Fsp3) is 0.467. The third kappa shape index (κ3) is 2.53. The average Bonchev–Trinajstić information content (AvgIpc) is 2.79. The molecule has 3 rings (SSSR count). The number of halogens is 1. The molecule has 0 amide bonds. The molecule has 106 valence electrons. The molecule has 1 aliphatic rings. The number of aromatic carboxylic acids is 1. The van der Waals surface area contributed by atoms with E-state index >= 15 is 0 Å². The smallest absolute Gasteiger partial charge is 0.338 e. The highest BCUT2D eigenvalue weighted by atomic mass is 19.1. The number of aromatic nitrogens is 2. The van der Waals surface area contributed by atoms with Gasteiger partial charge in [0, 0.05) is 12.5 Å². The number of carbonyl (C=O) groups is 1. The number of imidazole rings is 1. The van der Waals surface area contributed by atoms with E-state index in [0.717, 1.165) is 12.2 Å². The standard InChI is InChI=1S/C15H17FN2O2/c16-11-8-13-12(7-10(11)15(19)20)17-14(18-13)6-9-4-2-1-3-5-9/h7-9H,1-6H2,(H,17,18)(H,19,20). The molecule has 1 aliphatic carbocycles. The molecule has 1 aromatic carbocycles. The summed E-state index contributed by atoms with van der Waals surface area (Å²) in [5, 5.41) is 8.91. The van der Waals surface area contributed by atoms with Crippen LogP contribution in [0.5, 0.6) is 0 Å². The van der Waals surface area contributed by atoms with Gasteiger partial charge in [0.05, 0.1) is 16.6 Å². The van der Waals surface area contributed by atoms with E-state index < -0.39 is 11.8 Å². The van der Waals surface area contributed by atoms with E-state index in [1.165, 1.54) is 44.2 Å². The molecule has 0 saturated heterocycles. The van der Waals surface area contributed by atoms with Gasteiger partial charge >= 0.3 is 5.97 Å². The van der Waals surface area contributed by atoms with Crippen molar-refractivity contribution < 1.29 is 14.3 Å². The van der Waals surface area contributed by atoms with Crippen LogP contribution in [-0.2, 0) is 6.42 Å². The zero-order chi connectivity index (χ0) is 14.1. The van der Waals surface area contributed by atoms with Crippen molar-refractivity contribution in [3.63, 3.8) is 0 Å². The Bertz CT molecular complexity index is 645. The minimum absolute atomic E-state index is 0.326. The third-order valence-electron chi connectivity index (χ3n) is 4.06. The molecule has 2 N–H and O–H groups in total. The SMILES string of the molecule is O=C(O)c1cc2nc(CC3CCCCC3)[nH]c2cc1F. The van der Waals surface area contributed by atoms with Crippen molar-refractivity contribution in [2.75, 3.05) is 0 Å². The summed E-state index contributed by atoms with van der Waals surface area (Å²) in [7, 11) is 0. The maximum absolute atomic E-state index is 13.6. The van der Waals surface area contributed by atoms with Crippen LogP contribution in [-0.4, -0.2) is 21.0 Å². The van der Waals surface area contributed by atoms with Crippen molar-refractivity contribution in [2.24, 2.45) is 5.92 Å². The number of hydrogen-bond donors (Lipinski definition) is 2.